The molecule has 2 N–H and O–H groups in total. The minimum Gasteiger partial charge on any atom is -0.344 e. The third-order valence-electron chi connectivity index (χ3n) is 2.61. The van der Waals surface area contributed by atoms with Crippen LogP contribution in [0.25, 0.3) is 0 Å². The molecule has 6 heteroatoms. The van der Waals surface area contributed by atoms with E-state index in [4.69, 9.17) is 11.6 Å². The first-order valence-electron chi connectivity index (χ1n) is 5.61. The molecule has 2 rings (SSSR count). The fourth-order valence-corrected chi connectivity index (χ4v) is 3.07. The van der Waals surface area contributed by atoms with Crippen LogP contribution >= 0.6 is 35.3 Å². The van der Waals surface area contributed by atoms with Crippen molar-refractivity contribution in [1.29, 1.82) is 0 Å². The first kappa shape index (κ1) is 15.3. The van der Waals surface area contributed by atoms with Crippen molar-refractivity contribution in [1.82, 2.24) is 10.6 Å². The summed E-state index contributed by atoms with van der Waals surface area (Å²) in [5.41, 5.74) is 1.24. The normalized spacial score (nSPS) is 20.8. The van der Waals surface area contributed by atoms with E-state index in [0.29, 0.717) is 0 Å². The fourth-order valence-electron chi connectivity index (χ4n) is 1.88. The number of halogens is 2. The Morgan fingerprint density at radius 2 is 2.17 bits per heavy atom. The molecular formula is C12H17Cl2N3S. The van der Waals surface area contributed by atoms with Gasteiger partial charge in [-0.25, -0.2) is 0 Å². The largest absolute Gasteiger partial charge is 0.344 e. The standard InChI is InChI=1S/C12H16ClN3S.ClH/c1-4-14-12-15-6-10(13)11(16-12)9-5-7(2)17-8(9)3;/h5-6,11H,4H2,1-3H3,(H2,14,15,16);1H. The third kappa shape index (κ3) is 3.19. The molecule has 100 valence electrons. The Morgan fingerprint density at radius 1 is 1.44 bits per heavy atom. The van der Waals surface area contributed by atoms with Crippen LogP contribution in [0.15, 0.2) is 22.3 Å². The fraction of sp³-hybridized carbons (Fsp3) is 0.417. The van der Waals surface area contributed by atoms with E-state index in [2.05, 4.69) is 35.5 Å². The summed E-state index contributed by atoms with van der Waals surface area (Å²) < 4.78 is 0. The van der Waals surface area contributed by atoms with Gasteiger partial charge in [0, 0.05) is 22.5 Å². The van der Waals surface area contributed by atoms with Gasteiger partial charge in [-0.15, -0.1) is 23.7 Å². The molecule has 0 bridgehead atoms. The number of rotatable bonds is 2. The summed E-state index contributed by atoms with van der Waals surface area (Å²) in [6.07, 6.45) is 1.81. The molecular weight excluding hydrogens is 289 g/mol. The number of aliphatic imine (C=N–C) groups is 1. The maximum atomic E-state index is 6.25. The summed E-state index contributed by atoms with van der Waals surface area (Å²) in [6.45, 7) is 6.98. The maximum Gasteiger partial charge on any atom is 0.196 e. The van der Waals surface area contributed by atoms with Gasteiger partial charge >= 0.3 is 0 Å². The second-order valence-corrected chi connectivity index (χ2v) is 5.84. The molecule has 1 unspecified atom stereocenters. The van der Waals surface area contributed by atoms with Crippen molar-refractivity contribution in [2.24, 2.45) is 4.99 Å². The van der Waals surface area contributed by atoms with E-state index in [0.717, 1.165) is 17.5 Å². The monoisotopic (exact) mass is 305 g/mol. The van der Waals surface area contributed by atoms with Gasteiger partial charge in [0.25, 0.3) is 0 Å². The zero-order valence-corrected chi connectivity index (χ0v) is 13.0. The summed E-state index contributed by atoms with van der Waals surface area (Å²) in [4.78, 5) is 6.92. The van der Waals surface area contributed by atoms with Gasteiger partial charge in [-0.2, -0.15) is 0 Å². The van der Waals surface area contributed by atoms with Gasteiger partial charge in [0.2, 0.25) is 0 Å². The van der Waals surface area contributed by atoms with Crippen LogP contribution in [-0.2, 0) is 0 Å². The van der Waals surface area contributed by atoms with Gasteiger partial charge < -0.3 is 10.6 Å². The Balaban J connectivity index is 0.00000162. The van der Waals surface area contributed by atoms with Gasteiger partial charge in [-0.05, 0) is 32.4 Å². The van der Waals surface area contributed by atoms with Crippen molar-refractivity contribution in [3.8, 4) is 0 Å². The Morgan fingerprint density at radius 3 is 2.72 bits per heavy atom. The number of nitrogens with zero attached hydrogens (tertiary/aromatic N) is 1. The lowest BCUT2D eigenvalue weighted by Crippen LogP contribution is -2.41. The van der Waals surface area contributed by atoms with Crippen molar-refractivity contribution in [2.45, 2.75) is 26.8 Å². The second-order valence-electron chi connectivity index (χ2n) is 3.94. The van der Waals surface area contributed by atoms with E-state index < -0.39 is 0 Å². The topological polar surface area (TPSA) is 36.4 Å². The van der Waals surface area contributed by atoms with Crippen LogP contribution < -0.4 is 10.6 Å². The maximum absolute atomic E-state index is 6.25. The molecule has 1 aromatic heterocycles. The highest BCUT2D eigenvalue weighted by molar-refractivity contribution is 7.12. The third-order valence-corrected chi connectivity index (χ3v) is 3.92. The molecule has 0 radical (unpaired) electrons. The molecule has 1 aromatic rings. The van der Waals surface area contributed by atoms with Gasteiger partial charge in [-0.1, -0.05) is 11.6 Å². The van der Waals surface area contributed by atoms with Gasteiger partial charge in [0.15, 0.2) is 5.96 Å². The predicted octanol–water partition coefficient (Wildman–Crippen LogP) is 3.48. The van der Waals surface area contributed by atoms with E-state index >= 15 is 0 Å². The van der Waals surface area contributed by atoms with Crippen LogP contribution in [0.2, 0.25) is 0 Å². The van der Waals surface area contributed by atoms with Crippen LogP contribution in [0, 0.1) is 13.8 Å². The molecule has 0 saturated carbocycles. The minimum atomic E-state index is 0. The molecule has 3 nitrogen and oxygen atoms in total. The summed E-state index contributed by atoms with van der Waals surface area (Å²) in [6, 6.07) is 2.20. The SMILES string of the molecule is CCN=C1NC=C(Cl)C(c2cc(C)sc2C)N1.Cl. The first-order valence-corrected chi connectivity index (χ1v) is 6.81. The van der Waals surface area contributed by atoms with Gasteiger partial charge in [0.1, 0.15) is 0 Å². The molecule has 0 fully saturated rings. The first-order chi connectivity index (χ1) is 8.11. The number of thiophene rings is 1. The summed E-state index contributed by atoms with van der Waals surface area (Å²) in [5.74, 6) is 0.783. The average molecular weight is 306 g/mol. The average Bonchev–Trinajstić information content (AvgIpc) is 2.61. The number of nitrogens with one attached hydrogen (secondary N) is 2. The smallest absolute Gasteiger partial charge is 0.196 e. The molecule has 0 saturated heterocycles. The van der Waals surface area contributed by atoms with Gasteiger partial charge in [-0.3, -0.25) is 4.99 Å². The van der Waals surface area contributed by atoms with Crippen LogP contribution in [0.3, 0.4) is 0 Å². The zero-order valence-electron chi connectivity index (χ0n) is 10.6. The highest BCUT2D eigenvalue weighted by Crippen LogP contribution is 2.32. The molecule has 0 aliphatic carbocycles. The Labute approximate surface area is 123 Å². The molecule has 2 heterocycles. The van der Waals surface area contributed by atoms with Crippen molar-refractivity contribution >= 4 is 41.3 Å². The number of hydrogen-bond donors (Lipinski definition) is 2. The quantitative estimate of drug-likeness (QED) is 0.877. The molecule has 1 atom stereocenters. The van der Waals surface area contributed by atoms with E-state index in [-0.39, 0.29) is 18.4 Å². The Hall–Kier alpha value is -0.710. The summed E-state index contributed by atoms with van der Waals surface area (Å²) in [5, 5.41) is 7.13. The molecule has 1 aliphatic rings. The van der Waals surface area contributed by atoms with Crippen molar-refractivity contribution in [3.05, 3.63) is 32.6 Å². The Bertz CT molecular complexity index is 480. The number of hydrogen-bond acceptors (Lipinski definition) is 2. The summed E-state index contributed by atoms with van der Waals surface area (Å²) in [7, 11) is 0. The van der Waals surface area contributed by atoms with Crippen LogP contribution in [0.5, 0.6) is 0 Å². The molecule has 1 aliphatic heterocycles. The molecule has 0 spiro atoms. The molecule has 0 amide bonds. The Kier molecular flexibility index (Phi) is 5.50. The second kappa shape index (κ2) is 6.45. The lowest BCUT2D eigenvalue weighted by atomic mass is 10.1. The van der Waals surface area contributed by atoms with Crippen molar-refractivity contribution < 1.29 is 0 Å². The summed E-state index contributed by atoms with van der Waals surface area (Å²) >= 11 is 8.04. The van der Waals surface area contributed by atoms with Crippen LogP contribution in [-0.4, -0.2) is 12.5 Å². The van der Waals surface area contributed by atoms with E-state index in [9.17, 15) is 0 Å². The van der Waals surface area contributed by atoms with E-state index in [1.165, 1.54) is 15.3 Å². The lowest BCUT2D eigenvalue weighted by molar-refractivity contribution is 0.725. The van der Waals surface area contributed by atoms with Crippen molar-refractivity contribution in [2.75, 3.05) is 6.54 Å². The number of guanidine groups is 1. The van der Waals surface area contributed by atoms with Crippen molar-refractivity contribution in [3.63, 3.8) is 0 Å². The molecule has 18 heavy (non-hydrogen) atoms. The van der Waals surface area contributed by atoms with Crippen LogP contribution in [0.4, 0.5) is 0 Å². The highest BCUT2D eigenvalue weighted by atomic mass is 35.5. The number of aryl methyl sites for hydroxylation is 2. The van der Waals surface area contributed by atoms with E-state index in [1.54, 1.807) is 11.3 Å². The molecule has 0 aromatic carbocycles. The highest BCUT2D eigenvalue weighted by Gasteiger charge is 2.23. The van der Waals surface area contributed by atoms with Gasteiger partial charge in [0.05, 0.1) is 11.1 Å². The van der Waals surface area contributed by atoms with E-state index in [1.807, 2.05) is 13.1 Å². The minimum absolute atomic E-state index is 0. The van der Waals surface area contributed by atoms with Crippen LogP contribution in [0.1, 0.15) is 28.3 Å². The zero-order chi connectivity index (χ0) is 12.4. The lowest BCUT2D eigenvalue weighted by Gasteiger charge is -2.25. The predicted molar refractivity (Wildman–Crippen MR) is 82.0 cm³/mol.